The normalized spacial score (nSPS) is 11.3. The summed E-state index contributed by atoms with van der Waals surface area (Å²) in [4.78, 5) is 21.9. The Bertz CT molecular complexity index is 1150. The quantitative estimate of drug-likeness (QED) is 0.563. The summed E-state index contributed by atoms with van der Waals surface area (Å²) in [6.45, 7) is 0. The van der Waals surface area contributed by atoms with Crippen LogP contribution in [0.1, 0.15) is 11.5 Å². The first kappa shape index (κ1) is 15.9. The predicted molar refractivity (Wildman–Crippen MR) is 100 cm³/mol. The van der Waals surface area contributed by atoms with Crippen LogP contribution in [0.4, 0.5) is 4.39 Å². The zero-order chi connectivity index (χ0) is 17.9. The van der Waals surface area contributed by atoms with Gasteiger partial charge in [-0.3, -0.25) is 14.3 Å². The van der Waals surface area contributed by atoms with Crippen LogP contribution in [0.25, 0.3) is 28.7 Å². The van der Waals surface area contributed by atoms with E-state index >= 15 is 0 Å². The molecule has 0 N–H and O–H groups in total. The molecule has 0 fully saturated rings. The molecule has 0 bridgehead atoms. The van der Waals surface area contributed by atoms with Gasteiger partial charge in [0.25, 0.3) is 5.56 Å². The molecular weight excluding hydrogens is 329 g/mol. The van der Waals surface area contributed by atoms with Crippen LogP contribution in [0.2, 0.25) is 0 Å². The molecule has 4 aromatic rings. The molecule has 126 valence electrons. The van der Waals surface area contributed by atoms with Gasteiger partial charge in [0, 0.05) is 6.20 Å². The van der Waals surface area contributed by atoms with Crippen molar-refractivity contribution in [3.63, 3.8) is 0 Å². The van der Waals surface area contributed by atoms with Gasteiger partial charge in [0.15, 0.2) is 0 Å². The second-order valence-corrected chi connectivity index (χ2v) is 5.69. The van der Waals surface area contributed by atoms with Crippen LogP contribution in [-0.2, 0) is 0 Å². The summed E-state index contributed by atoms with van der Waals surface area (Å²) in [7, 11) is 0. The van der Waals surface area contributed by atoms with Crippen molar-refractivity contribution in [3.05, 3.63) is 101 Å². The molecule has 4 rings (SSSR count). The van der Waals surface area contributed by atoms with Crippen LogP contribution in [0.5, 0.6) is 0 Å². The Hall–Kier alpha value is -3.60. The van der Waals surface area contributed by atoms with Crippen molar-refractivity contribution in [3.8, 4) is 5.69 Å². The molecule has 0 saturated carbocycles. The molecule has 0 aliphatic heterocycles. The number of para-hydroxylation sites is 1. The van der Waals surface area contributed by atoms with Gasteiger partial charge in [-0.1, -0.05) is 18.2 Å². The maximum absolute atomic E-state index is 13.3. The first-order chi connectivity index (χ1) is 12.7. The highest BCUT2D eigenvalue weighted by atomic mass is 19.1. The van der Waals surface area contributed by atoms with Gasteiger partial charge in [0.05, 0.1) is 22.3 Å². The fourth-order valence-corrected chi connectivity index (χ4v) is 2.74. The van der Waals surface area contributed by atoms with Crippen molar-refractivity contribution in [1.82, 2.24) is 14.5 Å². The molecule has 0 aliphatic carbocycles. The lowest BCUT2D eigenvalue weighted by Gasteiger charge is -2.11. The molecule has 2 aromatic carbocycles. The minimum atomic E-state index is -0.360. The molecule has 5 heteroatoms. The second kappa shape index (κ2) is 6.72. The smallest absolute Gasteiger partial charge is 0.266 e. The van der Waals surface area contributed by atoms with Crippen molar-refractivity contribution in [2.24, 2.45) is 0 Å². The lowest BCUT2D eigenvalue weighted by molar-refractivity contribution is 0.627. The van der Waals surface area contributed by atoms with E-state index in [1.165, 1.54) is 16.7 Å². The summed E-state index contributed by atoms with van der Waals surface area (Å²) < 4.78 is 14.8. The first-order valence-electron chi connectivity index (χ1n) is 8.09. The van der Waals surface area contributed by atoms with Crippen molar-refractivity contribution in [2.75, 3.05) is 0 Å². The van der Waals surface area contributed by atoms with Crippen LogP contribution in [-0.4, -0.2) is 14.5 Å². The summed E-state index contributed by atoms with van der Waals surface area (Å²) in [5.41, 5.74) is 1.70. The fraction of sp³-hybridized carbons (Fsp3) is 0. The van der Waals surface area contributed by atoms with Crippen molar-refractivity contribution >= 4 is 23.1 Å². The lowest BCUT2D eigenvalue weighted by Crippen LogP contribution is -2.22. The third-order valence-corrected chi connectivity index (χ3v) is 3.98. The SMILES string of the molecule is O=c1c2ccccc2nc(C=Cc2ccccn2)n1-c1ccc(F)cc1. The summed E-state index contributed by atoms with van der Waals surface area (Å²) in [6.07, 6.45) is 5.22. The highest BCUT2D eigenvalue weighted by Crippen LogP contribution is 2.15. The summed E-state index contributed by atoms with van der Waals surface area (Å²) >= 11 is 0. The Labute approximate surface area is 148 Å². The Kier molecular flexibility index (Phi) is 4.11. The third kappa shape index (κ3) is 3.02. The molecule has 0 saturated heterocycles. The monoisotopic (exact) mass is 343 g/mol. The summed E-state index contributed by atoms with van der Waals surface area (Å²) in [5.74, 6) is 0.0899. The van der Waals surface area contributed by atoms with Gasteiger partial charge in [0.1, 0.15) is 11.6 Å². The molecule has 2 aromatic heterocycles. The number of fused-ring (bicyclic) bond motifs is 1. The van der Waals surface area contributed by atoms with E-state index in [-0.39, 0.29) is 11.4 Å². The summed E-state index contributed by atoms with van der Waals surface area (Å²) in [5, 5.41) is 0.506. The Morgan fingerprint density at radius 2 is 1.65 bits per heavy atom. The minimum absolute atomic E-state index is 0.206. The highest BCUT2D eigenvalue weighted by molar-refractivity contribution is 5.79. The maximum atomic E-state index is 13.3. The van der Waals surface area contributed by atoms with E-state index in [9.17, 15) is 9.18 Å². The molecular formula is C21H14FN3O. The largest absolute Gasteiger partial charge is 0.268 e. The number of halogens is 1. The predicted octanol–water partition coefficient (Wildman–Crippen LogP) is 4.09. The number of nitrogens with zero attached hydrogens (tertiary/aromatic N) is 3. The average Bonchev–Trinajstić information content (AvgIpc) is 2.68. The van der Waals surface area contributed by atoms with Gasteiger partial charge in [-0.15, -0.1) is 0 Å². The van der Waals surface area contributed by atoms with Crippen LogP contribution in [0.3, 0.4) is 0 Å². The lowest BCUT2D eigenvalue weighted by atomic mass is 10.2. The molecule has 0 unspecified atom stereocenters. The highest BCUT2D eigenvalue weighted by Gasteiger charge is 2.11. The van der Waals surface area contributed by atoms with Crippen molar-refractivity contribution in [2.45, 2.75) is 0 Å². The number of pyridine rings is 1. The molecule has 0 radical (unpaired) electrons. The maximum Gasteiger partial charge on any atom is 0.266 e. The topological polar surface area (TPSA) is 47.8 Å². The van der Waals surface area contributed by atoms with Crippen LogP contribution in [0.15, 0.2) is 77.7 Å². The zero-order valence-corrected chi connectivity index (χ0v) is 13.7. The van der Waals surface area contributed by atoms with Crippen molar-refractivity contribution < 1.29 is 4.39 Å². The van der Waals surface area contributed by atoms with E-state index in [0.29, 0.717) is 22.4 Å². The van der Waals surface area contributed by atoms with Gasteiger partial charge in [-0.2, -0.15) is 0 Å². The van der Waals surface area contributed by atoms with Gasteiger partial charge in [0.2, 0.25) is 0 Å². The number of aromatic nitrogens is 3. The van der Waals surface area contributed by atoms with E-state index in [0.717, 1.165) is 5.69 Å². The van der Waals surface area contributed by atoms with E-state index < -0.39 is 0 Å². The number of hydrogen-bond acceptors (Lipinski definition) is 3. The number of rotatable bonds is 3. The van der Waals surface area contributed by atoms with Crippen LogP contribution in [0, 0.1) is 5.82 Å². The number of benzene rings is 2. The molecule has 0 amide bonds. The Balaban J connectivity index is 1.95. The number of hydrogen-bond donors (Lipinski definition) is 0. The first-order valence-corrected chi connectivity index (χ1v) is 8.09. The van der Waals surface area contributed by atoms with Crippen LogP contribution >= 0.6 is 0 Å². The molecule has 0 aliphatic rings. The van der Waals surface area contributed by atoms with Gasteiger partial charge < -0.3 is 0 Å². The Morgan fingerprint density at radius 1 is 0.885 bits per heavy atom. The summed E-state index contributed by atoms with van der Waals surface area (Å²) in [6, 6.07) is 18.5. The van der Waals surface area contributed by atoms with Crippen LogP contribution < -0.4 is 5.56 Å². The molecule has 26 heavy (non-hydrogen) atoms. The second-order valence-electron chi connectivity index (χ2n) is 5.69. The van der Waals surface area contributed by atoms with E-state index in [1.54, 1.807) is 48.7 Å². The van der Waals surface area contributed by atoms with E-state index in [2.05, 4.69) is 9.97 Å². The minimum Gasteiger partial charge on any atom is -0.268 e. The fourth-order valence-electron chi connectivity index (χ4n) is 2.74. The standard InChI is InChI=1S/C21H14FN3O/c22-15-8-11-17(12-9-15)25-20(13-10-16-5-3-4-14-23-16)24-19-7-2-1-6-18(19)21(25)26/h1-14H. The van der Waals surface area contributed by atoms with Gasteiger partial charge >= 0.3 is 0 Å². The van der Waals surface area contributed by atoms with Crippen molar-refractivity contribution in [1.29, 1.82) is 0 Å². The molecule has 4 nitrogen and oxygen atoms in total. The zero-order valence-electron chi connectivity index (χ0n) is 13.7. The third-order valence-electron chi connectivity index (χ3n) is 3.98. The molecule has 0 spiro atoms. The van der Waals surface area contributed by atoms with Gasteiger partial charge in [-0.25, -0.2) is 9.37 Å². The average molecular weight is 343 g/mol. The Morgan fingerprint density at radius 3 is 2.42 bits per heavy atom. The van der Waals surface area contributed by atoms with Gasteiger partial charge in [-0.05, 0) is 60.7 Å². The van der Waals surface area contributed by atoms with E-state index in [4.69, 9.17) is 0 Å². The molecule has 0 atom stereocenters. The molecule has 2 heterocycles. The van der Waals surface area contributed by atoms with E-state index in [1.807, 2.05) is 24.3 Å².